The normalized spacial score (nSPS) is 26.9. The fraction of sp³-hybridized carbons (Fsp3) is 0.562. The highest BCUT2D eigenvalue weighted by Crippen LogP contribution is 2.22. The smallest absolute Gasteiger partial charge is 0.410 e. The van der Waals surface area contributed by atoms with E-state index in [2.05, 4.69) is 5.32 Å². The second-order valence-electron chi connectivity index (χ2n) is 6.07. The average molecular weight is 338 g/mol. The Hall–Kier alpha value is -1.60. The highest BCUT2D eigenvalue weighted by Gasteiger charge is 2.39. The number of hydrogen-bond acceptors (Lipinski definition) is 5. The number of amides is 1. The molecule has 126 valence electrons. The molecule has 0 spiro atoms. The summed E-state index contributed by atoms with van der Waals surface area (Å²) in [4.78, 5) is 13.8. The van der Waals surface area contributed by atoms with Crippen LogP contribution in [0.15, 0.2) is 30.3 Å². The van der Waals surface area contributed by atoms with Crippen molar-refractivity contribution in [2.24, 2.45) is 0 Å². The quantitative estimate of drug-likeness (QED) is 0.876. The fourth-order valence-electron chi connectivity index (χ4n) is 3.27. The van der Waals surface area contributed by atoms with Crippen molar-refractivity contribution in [2.75, 3.05) is 25.4 Å². The molecule has 0 radical (unpaired) electrons. The number of sulfone groups is 1. The molecule has 2 saturated heterocycles. The van der Waals surface area contributed by atoms with Crippen LogP contribution in [0.3, 0.4) is 0 Å². The summed E-state index contributed by atoms with van der Waals surface area (Å²) in [7, 11) is -3.05. The highest BCUT2D eigenvalue weighted by atomic mass is 32.2. The summed E-state index contributed by atoms with van der Waals surface area (Å²) in [6.07, 6.45) is 0.745. The Kier molecular flexibility index (Phi) is 4.87. The molecule has 1 amide bonds. The Morgan fingerprint density at radius 2 is 1.96 bits per heavy atom. The lowest BCUT2D eigenvalue weighted by Crippen LogP contribution is -2.52. The second kappa shape index (κ2) is 6.88. The van der Waals surface area contributed by atoms with Gasteiger partial charge in [0, 0.05) is 25.7 Å². The number of fused-ring (bicyclic) bond motifs is 1. The molecule has 0 saturated carbocycles. The molecule has 2 aliphatic rings. The van der Waals surface area contributed by atoms with Gasteiger partial charge in [0.25, 0.3) is 0 Å². The fourth-order valence-corrected chi connectivity index (χ4v) is 5.17. The van der Waals surface area contributed by atoms with Gasteiger partial charge in [-0.1, -0.05) is 30.3 Å². The summed E-state index contributed by atoms with van der Waals surface area (Å²) in [5, 5.41) is 2.89. The van der Waals surface area contributed by atoms with Gasteiger partial charge in [-0.15, -0.1) is 0 Å². The zero-order valence-corrected chi connectivity index (χ0v) is 13.8. The Labute approximate surface area is 136 Å². The lowest BCUT2D eigenvalue weighted by molar-refractivity contribution is 0.0972. The number of benzene rings is 1. The molecule has 7 heteroatoms. The molecule has 0 aromatic heterocycles. The van der Waals surface area contributed by atoms with E-state index < -0.39 is 9.84 Å². The molecule has 2 heterocycles. The van der Waals surface area contributed by atoms with Crippen molar-refractivity contribution in [1.82, 2.24) is 10.2 Å². The van der Waals surface area contributed by atoms with Crippen LogP contribution < -0.4 is 5.32 Å². The maximum absolute atomic E-state index is 12.2. The summed E-state index contributed by atoms with van der Waals surface area (Å²) in [5.74, 6) is 0.187. The minimum atomic E-state index is -3.05. The molecule has 2 fully saturated rings. The average Bonchev–Trinajstić information content (AvgIpc) is 2.77. The molecule has 0 unspecified atom stereocenters. The van der Waals surface area contributed by atoms with E-state index in [1.54, 1.807) is 4.90 Å². The number of ether oxygens (including phenoxy) is 1. The summed E-state index contributed by atoms with van der Waals surface area (Å²) >= 11 is 0. The largest absolute Gasteiger partial charge is 0.445 e. The van der Waals surface area contributed by atoms with Gasteiger partial charge < -0.3 is 15.0 Å². The van der Waals surface area contributed by atoms with E-state index in [1.165, 1.54) is 0 Å². The van der Waals surface area contributed by atoms with Crippen LogP contribution in [-0.2, 0) is 21.2 Å². The van der Waals surface area contributed by atoms with E-state index in [0.717, 1.165) is 5.56 Å². The molecule has 1 aromatic carbocycles. The van der Waals surface area contributed by atoms with E-state index in [0.29, 0.717) is 32.5 Å². The zero-order valence-electron chi connectivity index (χ0n) is 13.0. The Balaban J connectivity index is 1.58. The number of hydrogen-bond donors (Lipinski definition) is 1. The van der Waals surface area contributed by atoms with Gasteiger partial charge in [-0.3, -0.25) is 0 Å². The lowest BCUT2D eigenvalue weighted by Gasteiger charge is -2.30. The molecular weight excluding hydrogens is 316 g/mol. The van der Waals surface area contributed by atoms with Crippen molar-refractivity contribution in [3.05, 3.63) is 35.9 Å². The molecule has 6 nitrogen and oxygen atoms in total. The first-order chi connectivity index (χ1) is 11.1. The van der Waals surface area contributed by atoms with Gasteiger partial charge in [-0.05, 0) is 18.4 Å². The summed E-state index contributed by atoms with van der Waals surface area (Å²) < 4.78 is 29.7. The van der Waals surface area contributed by atoms with Crippen LogP contribution in [0.2, 0.25) is 0 Å². The lowest BCUT2D eigenvalue weighted by atomic mass is 10.1. The Morgan fingerprint density at radius 1 is 1.22 bits per heavy atom. The predicted molar refractivity (Wildman–Crippen MR) is 86.8 cm³/mol. The van der Waals surface area contributed by atoms with Crippen LogP contribution in [-0.4, -0.2) is 56.1 Å². The summed E-state index contributed by atoms with van der Waals surface area (Å²) in [6.45, 7) is 1.69. The van der Waals surface area contributed by atoms with Gasteiger partial charge in [-0.2, -0.15) is 0 Å². The zero-order chi connectivity index (χ0) is 16.3. The molecule has 2 atom stereocenters. The third-order valence-electron chi connectivity index (χ3n) is 4.56. The van der Waals surface area contributed by atoms with Crippen molar-refractivity contribution in [1.29, 1.82) is 0 Å². The SMILES string of the molecule is O=C(OCc1ccccc1)N1CC[C@@H]2NCCS(=O)(=O)[C@@H]2CC1. The van der Waals surface area contributed by atoms with Crippen LogP contribution in [0, 0.1) is 0 Å². The van der Waals surface area contributed by atoms with Gasteiger partial charge in [0.05, 0.1) is 11.0 Å². The minimum absolute atomic E-state index is 0.0549. The molecule has 3 rings (SSSR count). The number of rotatable bonds is 2. The maximum Gasteiger partial charge on any atom is 0.410 e. The first-order valence-corrected chi connectivity index (χ1v) is 9.68. The van der Waals surface area contributed by atoms with Crippen molar-refractivity contribution >= 4 is 15.9 Å². The molecule has 1 aromatic rings. The maximum atomic E-state index is 12.2. The first kappa shape index (κ1) is 16.3. The highest BCUT2D eigenvalue weighted by molar-refractivity contribution is 7.92. The molecule has 2 aliphatic heterocycles. The second-order valence-corrected chi connectivity index (χ2v) is 8.41. The van der Waals surface area contributed by atoms with E-state index in [9.17, 15) is 13.2 Å². The minimum Gasteiger partial charge on any atom is -0.445 e. The first-order valence-electron chi connectivity index (χ1n) is 7.97. The third-order valence-corrected chi connectivity index (χ3v) is 6.82. The summed E-state index contributed by atoms with van der Waals surface area (Å²) in [6, 6.07) is 9.46. The van der Waals surface area contributed by atoms with Crippen LogP contribution in [0.4, 0.5) is 4.79 Å². The third kappa shape index (κ3) is 3.84. The van der Waals surface area contributed by atoms with Gasteiger partial charge in [0.1, 0.15) is 6.61 Å². The predicted octanol–water partition coefficient (Wildman–Crippen LogP) is 1.17. The molecular formula is C16H22N2O4S. The van der Waals surface area contributed by atoms with E-state index in [-0.39, 0.29) is 29.7 Å². The van der Waals surface area contributed by atoms with Gasteiger partial charge in [0.15, 0.2) is 9.84 Å². The van der Waals surface area contributed by atoms with E-state index in [1.807, 2.05) is 30.3 Å². The van der Waals surface area contributed by atoms with Crippen LogP contribution >= 0.6 is 0 Å². The molecule has 1 N–H and O–H groups in total. The van der Waals surface area contributed by atoms with Crippen molar-refractivity contribution in [2.45, 2.75) is 30.7 Å². The number of carbonyl (C=O) groups is 1. The Bertz CT molecular complexity index is 647. The topological polar surface area (TPSA) is 75.7 Å². The van der Waals surface area contributed by atoms with Gasteiger partial charge in [0.2, 0.25) is 0 Å². The van der Waals surface area contributed by atoms with Gasteiger partial charge >= 0.3 is 6.09 Å². The number of nitrogens with zero attached hydrogens (tertiary/aromatic N) is 1. The molecule has 0 aliphatic carbocycles. The Morgan fingerprint density at radius 3 is 2.74 bits per heavy atom. The standard InChI is InChI=1S/C16H22N2O4S/c19-16(22-12-13-4-2-1-3-5-13)18-9-6-14-15(7-10-18)23(20,21)11-8-17-14/h1-5,14-15,17H,6-12H2/t14-,15+/m0/s1. The van der Waals surface area contributed by atoms with E-state index in [4.69, 9.17) is 4.74 Å². The van der Waals surface area contributed by atoms with Crippen molar-refractivity contribution in [3.63, 3.8) is 0 Å². The molecule has 0 bridgehead atoms. The van der Waals surface area contributed by atoms with Crippen molar-refractivity contribution in [3.8, 4) is 0 Å². The van der Waals surface area contributed by atoms with Crippen LogP contribution in [0.25, 0.3) is 0 Å². The van der Waals surface area contributed by atoms with Crippen molar-refractivity contribution < 1.29 is 17.9 Å². The molecule has 23 heavy (non-hydrogen) atoms. The van der Waals surface area contributed by atoms with Crippen LogP contribution in [0.5, 0.6) is 0 Å². The number of nitrogens with one attached hydrogen (secondary N) is 1. The number of carbonyl (C=O) groups excluding carboxylic acids is 1. The summed E-state index contributed by atoms with van der Waals surface area (Å²) in [5.41, 5.74) is 0.939. The van der Waals surface area contributed by atoms with Crippen LogP contribution in [0.1, 0.15) is 18.4 Å². The monoisotopic (exact) mass is 338 g/mol. The number of likely N-dealkylation sites (tertiary alicyclic amines) is 1. The van der Waals surface area contributed by atoms with Gasteiger partial charge in [-0.25, -0.2) is 13.2 Å². The van der Waals surface area contributed by atoms with E-state index >= 15 is 0 Å².